The number of aliphatic hydroxyl groups excluding tert-OH is 1. The lowest BCUT2D eigenvalue weighted by molar-refractivity contribution is -0.134. The number of benzene rings is 1. The highest BCUT2D eigenvalue weighted by molar-refractivity contribution is 5.78. The summed E-state index contributed by atoms with van der Waals surface area (Å²) in [4.78, 5) is 19.0. The van der Waals surface area contributed by atoms with Crippen molar-refractivity contribution in [3.05, 3.63) is 35.9 Å². The van der Waals surface area contributed by atoms with Gasteiger partial charge in [-0.1, -0.05) is 30.3 Å². The third kappa shape index (κ3) is 4.79. The van der Waals surface area contributed by atoms with Crippen LogP contribution in [0, 0.1) is 0 Å². The number of methoxy groups -OCH3 is 1. The molecule has 3 rings (SSSR count). The summed E-state index contributed by atoms with van der Waals surface area (Å²) in [6.07, 6.45) is 0.915. The van der Waals surface area contributed by atoms with Crippen molar-refractivity contribution >= 4 is 5.91 Å². The molecule has 0 radical (unpaired) electrons. The van der Waals surface area contributed by atoms with Crippen molar-refractivity contribution in [2.24, 2.45) is 0 Å². The molecule has 1 aromatic rings. The van der Waals surface area contributed by atoms with Crippen molar-refractivity contribution in [2.75, 3.05) is 53.0 Å². The average Bonchev–Trinajstić information content (AvgIpc) is 3.05. The van der Waals surface area contributed by atoms with Crippen molar-refractivity contribution in [1.82, 2.24) is 14.7 Å². The van der Waals surface area contributed by atoms with E-state index in [1.807, 2.05) is 11.0 Å². The minimum atomic E-state index is 0.0354. The van der Waals surface area contributed by atoms with Crippen LogP contribution in [0.3, 0.4) is 0 Å². The maximum Gasteiger partial charge on any atom is 0.236 e. The summed E-state index contributed by atoms with van der Waals surface area (Å²) < 4.78 is 5.39. The zero-order valence-electron chi connectivity index (χ0n) is 15.0. The second-order valence-electron chi connectivity index (χ2n) is 7.00. The van der Waals surface area contributed by atoms with E-state index in [4.69, 9.17) is 4.74 Å². The highest BCUT2D eigenvalue weighted by atomic mass is 16.5. The number of ether oxygens (including phenoxy) is 1. The average molecular weight is 347 g/mol. The van der Waals surface area contributed by atoms with Crippen LogP contribution in [0.25, 0.3) is 0 Å². The summed E-state index contributed by atoms with van der Waals surface area (Å²) in [5.41, 5.74) is 1.32. The van der Waals surface area contributed by atoms with Crippen LogP contribution in [0.5, 0.6) is 0 Å². The molecular weight excluding hydrogens is 318 g/mol. The molecule has 2 atom stereocenters. The van der Waals surface area contributed by atoms with Gasteiger partial charge in [0.2, 0.25) is 5.91 Å². The number of rotatable bonds is 6. The topological polar surface area (TPSA) is 56.3 Å². The van der Waals surface area contributed by atoms with Crippen LogP contribution < -0.4 is 0 Å². The van der Waals surface area contributed by atoms with Crippen LogP contribution in [0.2, 0.25) is 0 Å². The number of piperazine rings is 1. The first-order chi connectivity index (χ1) is 12.2. The van der Waals surface area contributed by atoms with Crippen LogP contribution >= 0.6 is 0 Å². The molecule has 0 saturated carbocycles. The molecule has 1 aromatic carbocycles. The van der Waals surface area contributed by atoms with E-state index in [0.717, 1.165) is 45.7 Å². The first-order valence-corrected chi connectivity index (χ1v) is 9.11. The van der Waals surface area contributed by atoms with Crippen LogP contribution in [-0.2, 0) is 16.1 Å². The zero-order chi connectivity index (χ0) is 17.6. The molecule has 2 heterocycles. The van der Waals surface area contributed by atoms with E-state index in [-0.39, 0.29) is 24.7 Å². The van der Waals surface area contributed by atoms with Gasteiger partial charge < -0.3 is 14.7 Å². The lowest BCUT2D eigenvalue weighted by Crippen LogP contribution is -2.51. The maximum absolute atomic E-state index is 12.6. The van der Waals surface area contributed by atoms with E-state index in [9.17, 15) is 9.90 Å². The van der Waals surface area contributed by atoms with E-state index >= 15 is 0 Å². The summed E-state index contributed by atoms with van der Waals surface area (Å²) in [5, 5.41) is 9.52. The largest absolute Gasteiger partial charge is 0.395 e. The number of amides is 1. The van der Waals surface area contributed by atoms with Crippen molar-refractivity contribution in [1.29, 1.82) is 0 Å². The highest BCUT2D eigenvalue weighted by Crippen LogP contribution is 2.20. The molecule has 2 aliphatic rings. The fourth-order valence-corrected chi connectivity index (χ4v) is 3.76. The second-order valence-corrected chi connectivity index (χ2v) is 7.00. The normalized spacial score (nSPS) is 25.4. The second kappa shape index (κ2) is 8.76. The molecule has 25 heavy (non-hydrogen) atoms. The molecule has 6 nitrogen and oxygen atoms in total. The van der Waals surface area contributed by atoms with Gasteiger partial charge in [-0.05, 0) is 12.0 Å². The Morgan fingerprint density at radius 2 is 1.92 bits per heavy atom. The molecule has 2 fully saturated rings. The third-order valence-corrected chi connectivity index (χ3v) is 5.35. The van der Waals surface area contributed by atoms with Crippen LogP contribution in [0.4, 0.5) is 0 Å². The Bertz CT molecular complexity index is 546. The van der Waals surface area contributed by atoms with Crippen LogP contribution in [0.15, 0.2) is 30.3 Å². The lowest BCUT2D eigenvalue weighted by Gasteiger charge is -2.36. The summed E-state index contributed by atoms with van der Waals surface area (Å²) in [6, 6.07) is 10.5. The van der Waals surface area contributed by atoms with Crippen LogP contribution in [-0.4, -0.2) is 90.8 Å². The number of likely N-dealkylation sites (tertiary alicyclic amines) is 1. The summed E-state index contributed by atoms with van der Waals surface area (Å²) in [7, 11) is 1.69. The van der Waals surface area contributed by atoms with Crippen molar-refractivity contribution < 1.29 is 14.6 Å². The van der Waals surface area contributed by atoms with Gasteiger partial charge in [-0.15, -0.1) is 0 Å². The quantitative estimate of drug-likeness (QED) is 0.808. The number of carbonyl (C=O) groups is 1. The zero-order valence-corrected chi connectivity index (χ0v) is 15.0. The standard InChI is InChI=1S/C19H29N3O3/c1-25-18-11-17(15-23)22(13-18)14-19(24)21-9-7-20(8-10-21)12-16-5-3-2-4-6-16/h2-6,17-18,23H,7-15H2,1H3/t17-,18+/m0/s1. The predicted octanol–water partition coefficient (Wildman–Crippen LogP) is 0.412. The Kier molecular flexibility index (Phi) is 6.42. The van der Waals surface area contributed by atoms with E-state index in [2.05, 4.69) is 34.1 Å². The lowest BCUT2D eigenvalue weighted by atomic mass is 10.2. The molecule has 2 aliphatic heterocycles. The van der Waals surface area contributed by atoms with Gasteiger partial charge in [0, 0.05) is 52.4 Å². The van der Waals surface area contributed by atoms with Crippen LogP contribution in [0.1, 0.15) is 12.0 Å². The fraction of sp³-hybridized carbons (Fsp3) is 0.632. The Morgan fingerprint density at radius 1 is 1.20 bits per heavy atom. The Labute approximate surface area is 150 Å². The molecule has 138 valence electrons. The SMILES string of the molecule is CO[C@@H]1C[C@@H](CO)N(CC(=O)N2CCN(Cc3ccccc3)CC2)C1. The Balaban J connectivity index is 1.45. The molecule has 0 bridgehead atoms. The fourth-order valence-electron chi connectivity index (χ4n) is 3.76. The van der Waals surface area contributed by atoms with Gasteiger partial charge in [0.1, 0.15) is 0 Å². The molecule has 0 spiro atoms. The molecule has 0 aromatic heterocycles. The van der Waals surface area contributed by atoms with E-state index in [0.29, 0.717) is 6.54 Å². The summed E-state index contributed by atoms with van der Waals surface area (Å²) in [5.74, 6) is 0.162. The van der Waals surface area contributed by atoms with Gasteiger partial charge in [-0.25, -0.2) is 0 Å². The first-order valence-electron chi connectivity index (χ1n) is 9.11. The predicted molar refractivity (Wildman–Crippen MR) is 96.2 cm³/mol. The van der Waals surface area contributed by atoms with Gasteiger partial charge in [0.15, 0.2) is 0 Å². The van der Waals surface area contributed by atoms with E-state index in [1.54, 1.807) is 7.11 Å². The van der Waals surface area contributed by atoms with Crippen molar-refractivity contribution in [3.8, 4) is 0 Å². The van der Waals surface area contributed by atoms with E-state index in [1.165, 1.54) is 5.56 Å². The minimum Gasteiger partial charge on any atom is -0.395 e. The number of aliphatic hydroxyl groups is 1. The van der Waals surface area contributed by atoms with Gasteiger partial charge in [0.25, 0.3) is 0 Å². The van der Waals surface area contributed by atoms with Crippen molar-refractivity contribution in [3.63, 3.8) is 0 Å². The maximum atomic E-state index is 12.6. The molecule has 1 amide bonds. The molecular formula is C19H29N3O3. The Morgan fingerprint density at radius 3 is 2.56 bits per heavy atom. The minimum absolute atomic E-state index is 0.0354. The highest BCUT2D eigenvalue weighted by Gasteiger charge is 2.34. The molecule has 0 unspecified atom stereocenters. The molecule has 1 N–H and O–H groups in total. The first kappa shape index (κ1) is 18.3. The molecule has 6 heteroatoms. The van der Waals surface area contributed by atoms with Gasteiger partial charge >= 0.3 is 0 Å². The summed E-state index contributed by atoms with van der Waals surface area (Å²) >= 11 is 0. The van der Waals surface area contributed by atoms with Crippen molar-refractivity contribution in [2.45, 2.75) is 25.1 Å². The third-order valence-electron chi connectivity index (χ3n) is 5.35. The van der Waals surface area contributed by atoms with Gasteiger partial charge in [-0.3, -0.25) is 14.6 Å². The summed E-state index contributed by atoms with van der Waals surface area (Å²) in [6.45, 7) is 5.49. The smallest absolute Gasteiger partial charge is 0.236 e. The van der Waals surface area contributed by atoms with Gasteiger partial charge in [0.05, 0.1) is 19.3 Å². The number of hydrogen-bond donors (Lipinski definition) is 1. The van der Waals surface area contributed by atoms with Gasteiger partial charge in [-0.2, -0.15) is 0 Å². The number of carbonyl (C=O) groups excluding carboxylic acids is 1. The molecule has 0 aliphatic carbocycles. The molecule has 2 saturated heterocycles. The monoisotopic (exact) mass is 347 g/mol. The number of hydrogen-bond acceptors (Lipinski definition) is 5. The number of nitrogens with zero attached hydrogens (tertiary/aromatic N) is 3. The van der Waals surface area contributed by atoms with E-state index < -0.39 is 0 Å². The Hall–Kier alpha value is -1.47.